The quantitative estimate of drug-likeness (QED) is 0.616. The summed E-state index contributed by atoms with van der Waals surface area (Å²) in [6, 6.07) is 7.53. The highest BCUT2D eigenvalue weighted by molar-refractivity contribution is 6.11. The molecule has 1 aromatic carbocycles. The van der Waals surface area contributed by atoms with E-state index in [1.807, 2.05) is 31.2 Å². The van der Waals surface area contributed by atoms with Gasteiger partial charge in [-0.05, 0) is 68.4 Å². The molecule has 178 valence electrons. The number of imide groups is 1. The number of nitrogens with one attached hydrogen (secondary N) is 1. The molecule has 3 amide bonds. The van der Waals surface area contributed by atoms with E-state index in [9.17, 15) is 19.5 Å². The van der Waals surface area contributed by atoms with Crippen LogP contribution in [-0.2, 0) is 24.5 Å². The molecule has 5 fully saturated rings. The van der Waals surface area contributed by atoms with E-state index in [4.69, 9.17) is 4.74 Å². The molecule has 5 aliphatic rings. The van der Waals surface area contributed by atoms with Crippen LogP contribution in [0.25, 0.3) is 0 Å². The van der Waals surface area contributed by atoms with Gasteiger partial charge in [-0.15, -0.1) is 0 Å². The van der Waals surface area contributed by atoms with Crippen LogP contribution in [0.5, 0.6) is 0 Å². The molecule has 1 heterocycles. The summed E-state index contributed by atoms with van der Waals surface area (Å²) in [7, 11) is 1.53. The molecular formula is C26H34N2O5. The Labute approximate surface area is 194 Å². The highest BCUT2D eigenvalue weighted by atomic mass is 16.5. The highest BCUT2D eigenvalue weighted by Gasteiger charge is 2.59. The predicted octanol–water partition coefficient (Wildman–Crippen LogP) is 2.23. The van der Waals surface area contributed by atoms with Crippen LogP contribution in [0.3, 0.4) is 0 Å². The monoisotopic (exact) mass is 454 g/mol. The number of methoxy groups -OCH3 is 1. The van der Waals surface area contributed by atoms with Crippen LogP contribution in [0.4, 0.5) is 0 Å². The van der Waals surface area contributed by atoms with E-state index in [1.54, 1.807) is 0 Å². The first-order valence-corrected chi connectivity index (χ1v) is 12.1. The van der Waals surface area contributed by atoms with Crippen molar-refractivity contribution >= 4 is 17.7 Å². The van der Waals surface area contributed by atoms with Crippen molar-refractivity contribution in [3.63, 3.8) is 0 Å². The van der Waals surface area contributed by atoms with E-state index in [0.717, 1.165) is 43.2 Å². The zero-order chi connectivity index (χ0) is 23.4. The van der Waals surface area contributed by atoms with Crippen molar-refractivity contribution in [2.24, 2.45) is 11.8 Å². The Kier molecular flexibility index (Phi) is 5.40. The number of amides is 3. The van der Waals surface area contributed by atoms with Crippen molar-refractivity contribution in [2.75, 3.05) is 20.3 Å². The van der Waals surface area contributed by atoms with Crippen molar-refractivity contribution in [3.8, 4) is 0 Å². The first kappa shape index (κ1) is 22.5. The number of benzene rings is 1. The second kappa shape index (κ2) is 7.91. The van der Waals surface area contributed by atoms with Gasteiger partial charge in [-0.1, -0.05) is 24.3 Å². The average molecular weight is 455 g/mol. The van der Waals surface area contributed by atoms with Gasteiger partial charge in [0.05, 0.1) is 24.2 Å². The topological polar surface area (TPSA) is 95.9 Å². The van der Waals surface area contributed by atoms with E-state index in [0.29, 0.717) is 18.3 Å². The van der Waals surface area contributed by atoms with Gasteiger partial charge in [0.2, 0.25) is 17.7 Å². The number of carbonyl (C=O) groups excluding carboxylic acids is 3. The van der Waals surface area contributed by atoms with E-state index in [1.165, 1.54) is 12.0 Å². The Morgan fingerprint density at radius 3 is 2.52 bits per heavy atom. The van der Waals surface area contributed by atoms with Crippen molar-refractivity contribution in [1.82, 2.24) is 10.2 Å². The van der Waals surface area contributed by atoms with E-state index < -0.39 is 16.6 Å². The number of hydrogen-bond donors (Lipinski definition) is 2. The Bertz CT molecular complexity index is 977. The minimum absolute atomic E-state index is 0.0178. The van der Waals surface area contributed by atoms with Gasteiger partial charge in [-0.25, -0.2) is 0 Å². The zero-order valence-electron chi connectivity index (χ0n) is 19.6. The van der Waals surface area contributed by atoms with E-state index in [2.05, 4.69) is 5.32 Å². The third kappa shape index (κ3) is 3.79. The third-order valence-corrected chi connectivity index (χ3v) is 8.49. The molecule has 7 heteroatoms. The number of carbonyl (C=O) groups is 3. The van der Waals surface area contributed by atoms with Crippen LogP contribution in [-0.4, -0.2) is 59.1 Å². The summed E-state index contributed by atoms with van der Waals surface area (Å²) in [6.07, 6.45) is 5.07. The summed E-state index contributed by atoms with van der Waals surface area (Å²) in [6.45, 7) is 2.36. The maximum atomic E-state index is 13.7. The number of ether oxygens (including phenoxy) is 1. The maximum Gasteiger partial charge on any atom is 0.240 e. The van der Waals surface area contributed by atoms with Gasteiger partial charge in [0.25, 0.3) is 0 Å². The number of hydrogen-bond acceptors (Lipinski definition) is 5. The summed E-state index contributed by atoms with van der Waals surface area (Å²) < 4.78 is 5.10. The lowest BCUT2D eigenvalue weighted by atomic mass is 9.51. The summed E-state index contributed by atoms with van der Waals surface area (Å²) in [4.78, 5) is 41.4. The normalized spacial score (nSPS) is 37.1. The minimum atomic E-state index is -1.21. The molecule has 0 aromatic heterocycles. The SMILES string of the molecule is COCCN1C(=O)C[C@@](CC(=O)NC23C[C@H]4C[C@@H](CC(O)(C4)C2)C3)(c2ccccc2C)C1=O. The summed E-state index contributed by atoms with van der Waals surface area (Å²) in [5.74, 6) is 0.0936. The molecule has 0 spiro atoms. The lowest BCUT2D eigenvalue weighted by molar-refractivity contribution is -0.152. The summed E-state index contributed by atoms with van der Waals surface area (Å²) >= 11 is 0. The first-order valence-electron chi connectivity index (χ1n) is 12.1. The van der Waals surface area contributed by atoms with Crippen LogP contribution in [0.1, 0.15) is 62.5 Å². The molecule has 4 saturated carbocycles. The second-order valence-electron chi connectivity index (χ2n) is 11.1. The van der Waals surface area contributed by atoms with Crippen LogP contribution in [0, 0.1) is 18.8 Å². The maximum absolute atomic E-state index is 13.7. The van der Waals surface area contributed by atoms with Gasteiger partial charge in [-0.3, -0.25) is 19.3 Å². The smallest absolute Gasteiger partial charge is 0.240 e. The van der Waals surface area contributed by atoms with Gasteiger partial charge < -0.3 is 15.2 Å². The molecule has 2 N–H and O–H groups in total. The average Bonchev–Trinajstić information content (AvgIpc) is 2.94. The number of nitrogens with zero attached hydrogens (tertiary/aromatic N) is 1. The third-order valence-electron chi connectivity index (χ3n) is 8.49. The van der Waals surface area contributed by atoms with Crippen LogP contribution >= 0.6 is 0 Å². The predicted molar refractivity (Wildman–Crippen MR) is 121 cm³/mol. The molecule has 3 atom stereocenters. The molecule has 7 nitrogen and oxygen atoms in total. The molecule has 1 aromatic rings. The van der Waals surface area contributed by atoms with Crippen molar-refractivity contribution < 1.29 is 24.2 Å². The number of aliphatic hydroxyl groups is 1. The van der Waals surface area contributed by atoms with E-state index in [-0.39, 0.29) is 43.7 Å². The number of aryl methyl sites for hydroxylation is 1. The summed E-state index contributed by atoms with van der Waals surface area (Å²) in [5.41, 5.74) is -0.656. The highest BCUT2D eigenvalue weighted by Crippen LogP contribution is 2.57. The molecule has 4 bridgehead atoms. The van der Waals surface area contributed by atoms with Crippen LogP contribution < -0.4 is 5.32 Å². The van der Waals surface area contributed by atoms with Gasteiger partial charge in [0.1, 0.15) is 0 Å². The molecular weight excluding hydrogens is 420 g/mol. The van der Waals surface area contributed by atoms with Gasteiger partial charge in [0.15, 0.2) is 0 Å². The van der Waals surface area contributed by atoms with Crippen molar-refractivity contribution in [1.29, 1.82) is 0 Å². The molecule has 0 radical (unpaired) electrons. The standard InChI is InChI=1S/C26H34N2O5/c1-17-5-3-4-6-20(17)26(15-22(30)28(23(26)31)7-8-33-2)14-21(29)27-24-10-18-9-19(11-24)13-25(32,12-18)16-24/h3-6,18-19,32H,7-16H2,1-2H3,(H,27,29)/t18-,19-,24?,25?,26+/m1/s1. The number of likely N-dealkylation sites (tertiary alicyclic amines) is 1. The fourth-order valence-corrected chi connectivity index (χ4v) is 7.74. The number of rotatable bonds is 7. The largest absolute Gasteiger partial charge is 0.390 e. The fraction of sp³-hybridized carbons (Fsp3) is 0.654. The Balaban J connectivity index is 1.43. The first-order chi connectivity index (χ1) is 15.7. The molecule has 33 heavy (non-hydrogen) atoms. The van der Waals surface area contributed by atoms with Crippen molar-refractivity contribution in [3.05, 3.63) is 35.4 Å². The van der Waals surface area contributed by atoms with Gasteiger partial charge in [-0.2, -0.15) is 0 Å². The minimum Gasteiger partial charge on any atom is -0.390 e. The molecule has 6 rings (SSSR count). The Hall–Kier alpha value is -2.25. The fourth-order valence-electron chi connectivity index (χ4n) is 7.74. The van der Waals surface area contributed by atoms with Crippen LogP contribution in [0.15, 0.2) is 24.3 Å². The molecule has 1 aliphatic heterocycles. The lowest BCUT2D eigenvalue weighted by Crippen LogP contribution is -2.65. The zero-order valence-corrected chi connectivity index (χ0v) is 19.6. The lowest BCUT2D eigenvalue weighted by Gasteiger charge is -2.60. The molecule has 0 unspecified atom stereocenters. The van der Waals surface area contributed by atoms with Crippen molar-refractivity contribution in [2.45, 2.75) is 74.8 Å². The Morgan fingerprint density at radius 1 is 1.18 bits per heavy atom. The molecule has 1 saturated heterocycles. The molecule has 4 aliphatic carbocycles. The van der Waals surface area contributed by atoms with Gasteiger partial charge in [0, 0.05) is 25.5 Å². The summed E-state index contributed by atoms with van der Waals surface area (Å²) in [5, 5.41) is 14.3. The second-order valence-corrected chi connectivity index (χ2v) is 11.1. The van der Waals surface area contributed by atoms with Crippen LogP contribution in [0.2, 0.25) is 0 Å². The van der Waals surface area contributed by atoms with E-state index >= 15 is 0 Å². The Morgan fingerprint density at radius 2 is 1.88 bits per heavy atom. The van der Waals surface area contributed by atoms with Gasteiger partial charge >= 0.3 is 0 Å².